The van der Waals surface area contributed by atoms with Gasteiger partial charge in [0.2, 0.25) is 0 Å². The lowest BCUT2D eigenvalue weighted by atomic mass is 10.2. The maximum atomic E-state index is 11.6. The lowest BCUT2D eigenvalue weighted by Gasteiger charge is -2.19. The van der Waals surface area contributed by atoms with E-state index in [-0.39, 0.29) is 6.03 Å². The number of anilines is 1. The van der Waals surface area contributed by atoms with E-state index in [1.54, 1.807) is 14.0 Å². The molecule has 1 atom stereocenters. The van der Waals surface area contributed by atoms with Gasteiger partial charge in [0.1, 0.15) is 0 Å². The van der Waals surface area contributed by atoms with Crippen molar-refractivity contribution in [2.24, 2.45) is 0 Å². The Morgan fingerprint density at radius 1 is 1.44 bits per heavy atom. The highest BCUT2D eigenvalue weighted by molar-refractivity contribution is 5.89. The van der Waals surface area contributed by atoms with Crippen LogP contribution in [0.1, 0.15) is 12.5 Å². The first kappa shape index (κ1) is 12.5. The number of carbonyl (C=O) groups excluding carboxylic acids is 1. The van der Waals surface area contributed by atoms with Crippen LogP contribution in [-0.4, -0.2) is 35.7 Å². The molecule has 88 valence electrons. The second-order valence-electron chi connectivity index (χ2n) is 4.03. The molecule has 2 N–H and O–H groups in total. The van der Waals surface area contributed by atoms with Crippen molar-refractivity contribution in [3.8, 4) is 0 Å². The van der Waals surface area contributed by atoms with E-state index >= 15 is 0 Å². The van der Waals surface area contributed by atoms with Crippen LogP contribution in [0.4, 0.5) is 10.5 Å². The molecule has 0 spiro atoms. The molecule has 0 aliphatic carbocycles. The molecule has 16 heavy (non-hydrogen) atoms. The number of aryl methyl sites for hydroxylation is 1. The summed E-state index contributed by atoms with van der Waals surface area (Å²) in [6.45, 7) is 3.96. The Hall–Kier alpha value is -1.55. The summed E-state index contributed by atoms with van der Waals surface area (Å²) in [7, 11) is 1.65. The van der Waals surface area contributed by atoms with E-state index in [0.717, 1.165) is 11.3 Å². The molecule has 0 saturated carbocycles. The smallest absolute Gasteiger partial charge is 0.321 e. The monoisotopic (exact) mass is 222 g/mol. The zero-order valence-corrected chi connectivity index (χ0v) is 9.90. The quantitative estimate of drug-likeness (QED) is 0.820. The van der Waals surface area contributed by atoms with Crippen molar-refractivity contribution in [3.05, 3.63) is 29.8 Å². The normalized spacial score (nSPS) is 12.0. The van der Waals surface area contributed by atoms with Gasteiger partial charge in [0.25, 0.3) is 0 Å². The average molecular weight is 222 g/mol. The predicted octanol–water partition coefficient (Wildman–Crippen LogP) is 1.84. The second-order valence-corrected chi connectivity index (χ2v) is 4.03. The fraction of sp³-hybridized carbons (Fsp3) is 0.417. The topological polar surface area (TPSA) is 52.6 Å². The van der Waals surface area contributed by atoms with E-state index in [1.165, 1.54) is 4.90 Å². The number of carbonyl (C=O) groups is 1. The van der Waals surface area contributed by atoms with Gasteiger partial charge in [-0.15, -0.1) is 0 Å². The minimum atomic E-state index is -0.520. The van der Waals surface area contributed by atoms with Crippen molar-refractivity contribution in [2.45, 2.75) is 20.0 Å². The lowest BCUT2D eigenvalue weighted by molar-refractivity contribution is 0.149. The van der Waals surface area contributed by atoms with Gasteiger partial charge in [-0.1, -0.05) is 17.7 Å². The summed E-state index contributed by atoms with van der Waals surface area (Å²) in [6.07, 6.45) is -0.520. The number of aliphatic hydroxyl groups excluding tert-OH is 1. The van der Waals surface area contributed by atoms with Gasteiger partial charge in [-0.05, 0) is 26.0 Å². The van der Waals surface area contributed by atoms with E-state index in [9.17, 15) is 4.79 Å². The summed E-state index contributed by atoms with van der Waals surface area (Å²) in [6, 6.07) is 7.35. The number of aliphatic hydroxyl groups is 1. The van der Waals surface area contributed by atoms with Crippen molar-refractivity contribution >= 4 is 11.7 Å². The summed E-state index contributed by atoms with van der Waals surface area (Å²) in [5.41, 5.74) is 1.91. The van der Waals surface area contributed by atoms with Gasteiger partial charge in [-0.2, -0.15) is 0 Å². The van der Waals surface area contributed by atoms with Crippen LogP contribution < -0.4 is 5.32 Å². The van der Waals surface area contributed by atoms with Crippen molar-refractivity contribution in [1.29, 1.82) is 0 Å². The van der Waals surface area contributed by atoms with Gasteiger partial charge in [0.15, 0.2) is 0 Å². The van der Waals surface area contributed by atoms with E-state index in [2.05, 4.69) is 5.32 Å². The Morgan fingerprint density at radius 3 is 2.50 bits per heavy atom. The number of rotatable bonds is 3. The fourth-order valence-corrected chi connectivity index (χ4v) is 1.34. The van der Waals surface area contributed by atoms with Gasteiger partial charge in [-0.3, -0.25) is 0 Å². The summed E-state index contributed by atoms with van der Waals surface area (Å²) < 4.78 is 0. The first-order chi connectivity index (χ1) is 7.49. The zero-order valence-electron chi connectivity index (χ0n) is 9.90. The van der Waals surface area contributed by atoms with Crippen molar-refractivity contribution < 1.29 is 9.90 Å². The fourth-order valence-electron chi connectivity index (χ4n) is 1.34. The molecule has 0 heterocycles. The molecule has 0 unspecified atom stereocenters. The van der Waals surface area contributed by atoms with Crippen molar-refractivity contribution in [3.63, 3.8) is 0 Å². The van der Waals surface area contributed by atoms with Crippen LogP contribution in [0.5, 0.6) is 0 Å². The maximum Gasteiger partial charge on any atom is 0.321 e. The van der Waals surface area contributed by atoms with Crippen molar-refractivity contribution in [1.82, 2.24) is 4.90 Å². The maximum absolute atomic E-state index is 11.6. The third-order valence-corrected chi connectivity index (χ3v) is 2.19. The van der Waals surface area contributed by atoms with E-state index in [4.69, 9.17) is 5.11 Å². The molecular weight excluding hydrogens is 204 g/mol. The van der Waals surface area contributed by atoms with Gasteiger partial charge >= 0.3 is 6.03 Å². The lowest BCUT2D eigenvalue weighted by Crippen LogP contribution is -2.36. The Bertz CT molecular complexity index is 347. The minimum Gasteiger partial charge on any atom is -0.392 e. The largest absolute Gasteiger partial charge is 0.392 e. The molecule has 0 aromatic heterocycles. The van der Waals surface area contributed by atoms with E-state index < -0.39 is 6.10 Å². The summed E-state index contributed by atoms with van der Waals surface area (Å²) in [5, 5.41) is 11.9. The molecule has 1 aromatic carbocycles. The standard InChI is InChI=1S/C12H18N2O2/c1-9-4-6-11(7-5-9)13-12(16)14(3)8-10(2)15/h4-7,10,15H,8H2,1-3H3,(H,13,16)/t10-/m1/s1. The summed E-state index contributed by atoms with van der Waals surface area (Å²) in [4.78, 5) is 13.1. The average Bonchev–Trinajstić information content (AvgIpc) is 2.20. The highest BCUT2D eigenvalue weighted by atomic mass is 16.3. The molecule has 1 aromatic rings. The van der Waals surface area contributed by atoms with E-state index in [0.29, 0.717) is 6.54 Å². The molecule has 2 amide bonds. The highest BCUT2D eigenvalue weighted by Gasteiger charge is 2.10. The van der Waals surface area contributed by atoms with Gasteiger partial charge < -0.3 is 15.3 Å². The Kier molecular flexibility index (Phi) is 4.31. The third-order valence-electron chi connectivity index (χ3n) is 2.19. The van der Waals surface area contributed by atoms with Gasteiger partial charge in [0.05, 0.1) is 6.10 Å². The number of benzene rings is 1. The van der Waals surface area contributed by atoms with E-state index in [1.807, 2.05) is 31.2 Å². The third kappa shape index (κ3) is 3.90. The first-order valence-corrected chi connectivity index (χ1v) is 5.26. The number of hydrogen-bond donors (Lipinski definition) is 2. The Labute approximate surface area is 95.9 Å². The molecule has 1 rings (SSSR count). The highest BCUT2D eigenvalue weighted by Crippen LogP contribution is 2.09. The Balaban J connectivity index is 2.54. The van der Waals surface area contributed by atoms with Crippen LogP contribution in [0.25, 0.3) is 0 Å². The predicted molar refractivity (Wildman–Crippen MR) is 64.5 cm³/mol. The van der Waals surface area contributed by atoms with Crippen LogP contribution in [0.15, 0.2) is 24.3 Å². The SMILES string of the molecule is Cc1ccc(NC(=O)N(C)C[C@@H](C)O)cc1. The minimum absolute atomic E-state index is 0.218. The number of urea groups is 1. The molecule has 0 saturated heterocycles. The van der Waals surface area contributed by atoms with Crippen LogP contribution >= 0.6 is 0 Å². The summed E-state index contributed by atoms with van der Waals surface area (Å²) >= 11 is 0. The number of amides is 2. The molecular formula is C12H18N2O2. The molecule has 0 radical (unpaired) electrons. The molecule has 4 nitrogen and oxygen atoms in total. The number of nitrogens with one attached hydrogen (secondary N) is 1. The zero-order chi connectivity index (χ0) is 12.1. The number of nitrogens with zero attached hydrogens (tertiary/aromatic N) is 1. The summed E-state index contributed by atoms with van der Waals surface area (Å²) in [5.74, 6) is 0. The number of hydrogen-bond acceptors (Lipinski definition) is 2. The van der Waals surface area contributed by atoms with Crippen LogP contribution in [0.2, 0.25) is 0 Å². The van der Waals surface area contributed by atoms with Crippen molar-refractivity contribution in [2.75, 3.05) is 18.9 Å². The molecule has 0 aliphatic rings. The molecule has 4 heteroatoms. The molecule has 0 aliphatic heterocycles. The van der Waals surface area contributed by atoms with Gasteiger partial charge in [0, 0.05) is 19.3 Å². The van der Waals surface area contributed by atoms with Crippen LogP contribution in [-0.2, 0) is 0 Å². The Morgan fingerprint density at radius 2 is 2.00 bits per heavy atom. The second kappa shape index (κ2) is 5.51. The molecule has 0 fully saturated rings. The van der Waals surface area contributed by atoms with Crippen LogP contribution in [0, 0.1) is 6.92 Å². The number of likely N-dealkylation sites (N-methyl/N-ethyl adjacent to an activating group) is 1. The van der Waals surface area contributed by atoms with Gasteiger partial charge in [-0.25, -0.2) is 4.79 Å². The molecule has 0 bridgehead atoms. The van der Waals surface area contributed by atoms with Crippen LogP contribution in [0.3, 0.4) is 0 Å². The first-order valence-electron chi connectivity index (χ1n) is 5.26.